The lowest BCUT2D eigenvalue weighted by Gasteiger charge is -2.02. The number of hydrogen-bond acceptors (Lipinski definition) is 1. The second kappa shape index (κ2) is 4.21. The van der Waals surface area contributed by atoms with Gasteiger partial charge in [-0.25, -0.2) is 9.37 Å². The van der Waals surface area contributed by atoms with Gasteiger partial charge in [0.25, 0.3) is 0 Å². The van der Waals surface area contributed by atoms with E-state index in [4.69, 9.17) is 0 Å². The van der Waals surface area contributed by atoms with Crippen LogP contribution in [0.25, 0.3) is 16.9 Å². The van der Waals surface area contributed by atoms with Gasteiger partial charge in [0.15, 0.2) is 0 Å². The Balaban J connectivity index is 2.28. The molecule has 2 nitrogen and oxygen atoms in total. The molecule has 0 saturated carbocycles. The third-order valence-corrected chi connectivity index (χ3v) is 3.43. The topological polar surface area (TPSA) is 17.3 Å². The van der Waals surface area contributed by atoms with Crippen LogP contribution in [0.5, 0.6) is 0 Å². The summed E-state index contributed by atoms with van der Waals surface area (Å²) in [7, 11) is 0. The van der Waals surface area contributed by atoms with Crippen LogP contribution in [0.4, 0.5) is 4.39 Å². The van der Waals surface area contributed by atoms with Crippen molar-refractivity contribution in [2.75, 3.05) is 0 Å². The van der Waals surface area contributed by atoms with Crippen molar-refractivity contribution in [3.63, 3.8) is 0 Å². The van der Waals surface area contributed by atoms with Gasteiger partial charge in [-0.15, -0.1) is 0 Å². The molecule has 2 aromatic heterocycles. The molecule has 0 spiro atoms. The van der Waals surface area contributed by atoms with Crippen LogP contribution in [0.2, 0.25) is 0 Å². The summed E-state index contributed by atoms with van der Waals surface area (Å²) in [6, 6.07) is 10.4. The maximum absolute atomic E-state index is 12.9. The van der Waals surface area contributed by atoms with Crippen LogP contribution in [0.3, 0.4) is 0 Å². The standard InChI is InChI=1S/C14H10BrFN2/c1-9-2-7-12-13(15)17-14(18(12)8-9)10-3-5-11(16)6-4-10/h2-8H,1H3. The first-order chi connectivity index (χ1) is 8.65. The Labute approximate surface area is 112 Å². The van der Waals surface area contributed by atoms with Crippen LogP contribution in [-0.4, -0.2) is 9.38 Å². The number of aryl methyl sites for hydroxylation is 1. The van der Waals surface area contributed by atoms with E-state index in [1.165, 1.54) is 12.1 Å². The van der Waals surface area contributed by atoms with Gasteiger partial charge in [-0.05, 0) is 58.7 Å². The molecule has 0 bridgehead atoms. The van der Waals surface area contributed by atoms with Gasteiger partial charge >= 0.3 is 0 Å². The Kier molecular flexibility index (Phi) is 2.67. The van der Waals surface area contributed by atoms with E-state index in [1.54, 1.807) is 12.1 Å². The molecule has 0 amide bonds. The van der Waals surface area contributed by atoms with Crippen molar-refractivity contribution in [3.8, 4) is 11.4 Å². The first-order valence-corrected chi connectivity index (χ1v) is 6.34. The van der Waals surface area contributed by atoms with E-state index in [9.17, 15) is 4.39 Å². The smallest absolute Gasteiger partial charge is 0.145 e. The predicted molar refractivity (Wildman–Crippen MR) is 73.0 cm³/mol. The molecule has 1 aromatic carbocycles. The molecule has 0 N–H and O–H groups in total. The van der Waals surface area contributed by atoms with Gasteiger partial charge in [-0.3, -0.25) is 4.40 Å². The van der Waals surface area contributed by atoms with Gasteiger partial charge < -0.3 is 0 Å². The summed E-state index contributed by atoms with van der Waals surface area (Å²) >= 11 is 3.45. The van der Waals surface area contributed by atoms with Crippen molar-refractivity contribution in [2.45, 2.75) is 6.92 Å². The lowest BCUT2D eigenvalue weighted by atomic mass is 10.2. The molecular weight excluding hydrogens is 295 g/mol. The van der Waals surface area contributed by atoms with E-state index in [0.717, 1.165) is 27.1 Å². The van der Waals surface area contributed by atoms with E-state index >= 15 is 0 Å². The molecule has 0 saturated heterocycles. The summed E-state index contributed by atoms with van der Waals surface area (Å²) in [5, 5.41) is 0. The summed E-state index contributed by atoms with van der Waals surface area (Å²) in [5.74, 6) is 0.565. The normalized spacial score (nSPS) is 11.1. The van der Waals surface area contributed by atoms with Crippen molar-refractivity contribution < 1.29 is 4.39 Å². The maximum Gasteiger partial charge on any atom is 0.145 e. The highest BCUT2D eigenvalue weighted by atomic mass is 79.9. The SMILES string of the molecule is Cc1ccc2c(Br)nc(-c3ccc(F)cc3)n2c1. The van der Waals surface area contributed by atoms with Crippen molar-refractivity contribution in [2.24, 2.45) is 0 Å². The summed E-state index contributed by atoms with van der Waals surface area (Å²) in [5.41, 5.74) is 3.04. The Morgan fingerprint density at radius 2 is 1.83 bits per heavy atom. The highest BCUT2D eigenvalue weighted by Gasteiger charge is 2.10. The van der Waals surface area contributed by atoms with E-state index in [-0.39, 0.29) is 5.82 Å². The molecule has 3 aromatic rings. The third-order valence-electron chi connectivity index (χ3n) is 2.84. The second-order valence-electron chi connectivity index (χ2n) is 4.19. The number of aromatic nitrogens is 2. The van der Waals surface area contributed by atoms with Crippen molar-refractivity contribution in [3.05, 3.63) is 58.6 Å². The van der Waals surface area contributed by atoms with Gasteiger partial charge in [0.1, 0.15) is 16.2 Å². The number of imidazole rings is 1. The molecule has 18 heavy (non-hydrogen) atoms. The molecule has 3 rings (SSSR count). The Morgan fingerprint density at radius 3 is 2.56 bits per heavy atom. The summed E-state index contributed by atoms with van der Waals surface area (Å²) in [6.45, 7) is 2.03. The average Bonchev–Trinajstić information content (AvgIpc) is 2.67. The minimum Gasteiger partial charge on any atom is -0.298 e. The lowest BCUT2D eigenvalue weighted by Crippen LogP contribution is -1.90. The molecule has 90 valence electrons. The zero-order valence-corrected chi connectivity index (χ0v) is 11.3. The Hall–Kier alpha value is -1.68. The summed E-state index contributed by atoms with van der Waals surface area (Å²) < 4.78 is 15.7. The van der Waals surface area contributed by atoms with E-state index in [0.29, 0.717) is 0 Å². The molecule has 0 unspecified atom stereocenters. The number of benzene rings is 1. The Morgan fingerprint density at radius 1 is 1.11 bits per heavy atom. The number of fused-ring (bicyclic) bond motifs is 1. The largest absolute Gasteiger partial charge is 0.298 e. The van der Waals surface area contributed by atoms with Crippen LogP contribution in [-0.2, 0) is 0 Å². The zero-order chi connectivity index (χ0) is 12.7. The van der Waals surface area contributed by atoms with Crippen LogP contribution in [0.1, 0.15) is 5.56 Å². The van der Waals surface area contributed by atoms with E-state index in [1.807, 2.05) is 29.7 Å². The van der Waals surface area contributed by atoms with E-state index < -0.39 is 0 Å². The van der Waals surface area contributed by atoms with Crippen molar-refractivity contribution in [1.29, 1.82) is 0 Å². The number of pyridine rings is 1. The van der Waals surface area contributed by atoms with Gasteiger partial charge in [-0.1, -0.05) is 6.07 Å². The van der Waals surface area contributed by atoms with Gasteiger partial charge in [0.2, 0.25) is 0 Å². The molecule has 4 heteroatoms. The minimum absolute atomic E-state index is 0.241. The number of nitrogens with zero attached hydrogens (tertiary/aromatic N) is 2. The van der Waals surface area contributed by atoms with Crippen molar-refractivity contribution >= 4 is 21.4 Å². The Bertz CT molecular complexity index is 716. The monoisotopic (exact) mass is 304 g/mol. The summed E-state index contributed by atoms with van der Waals surface area (Å²) in [6.07, 6.45) is 2.02. The molecule has 2 heterocycles. The fourth-order valence-corrected chi connectivity index (χ4v) is 2.45. The number of halogens is 2. The van der Waals surface area contributed by atoms with Crippen LogP contribution in [0, 0.1) is 12.7 Å². The van der Waals surface area contributed by atoms with Crippen LogP contribution < -0.4 is 0 Å². The summed E-state index contributed by atoms with van der Waals surface area (Å²) in [4.78, 5) is 4.49. The highest BCUT2D eigenvalue weighted by molar-refractivity contribution is 9.10. The molecule has 0 radical (unpaired) electrons. The van der Waals surface area contributed by atoms with Crippen molar-refractivity contribution in [1.82, 2.24) is 9.38 Å². The third kappa shape index (κ3) is 1.82. The second-order valence-corrected chi connectivity index (χ2v) is 4.95. The maximum atomic E-state index is 12.9. The first kappa shape index (κ1) is 11.4. The van der Waals surface area contributed by atoms with Gasteiger partial charge in [0.05, 0.1) is 5.52 Å². The molecular formula is C14H10BrFN2. The lowest BCUT2D eigenvalue weighted by molar-refractivity contribution is 0.628. The fourth-order valence-electron chi connectivity index (χ4n) is 1.96. The zero-order valence-electron chi connectivity index (χ0n) is 9.69. The number of hydrogen-bond donors (Lipinski definition) is 0. The van der Waals surface area contributed by atoms with Crippen LogP contribution >= 0.6 is 15.9 Å². The van der Waals surface area contributed by atoms with Gasteiger partial charge in [0, 0.05) is 11.8 Å². The molecule has 0 aliphatic carbocycles. The van der Waals surface area contributed by atoms with Gasteiger partial charge in [-0.2, -0.15) is 0 Å². The fraction of sp³-hybridized carbons (Fsp3) is 0.0714. The molecule has 0 aliphatic rings. The number of rotatable bonds is 1. The van der Waals surface area contributed by atoms with Crippen LogP contribution in [0.15, 0.2) is 47.2 Å². The van der Waals surface area contributed by atoms with E-state index in [2.05, 4.69) is 20.9 Å². The molecule has 0 fully saturated rings. The molecule has 0 atom stereocenters. The highest BCUT2D eigenvalue weighted by Crippen LogP contribution is 2.26. The molecule has 0 aliphatic heterocycles. The first-order valence-electron chi connectivity index (χ1n) is 5.55. The predicted octanol–water partition coefficient (Wildman–Crippen LogP) is 4.21. The average molecular weight is 305 g/mol. The minimum atomic E-state index is -0.241. The quantitative estimate of drug-likeness (QED) is 0.658.